The normalized spacial score (nSPS) is 19.4. The third kappa shape index (κ3) is 4.71. The Hall–Kier alpha value is -1.63. The number of hydrogen-bond donors (Lipinski definition) is 0. The smallest absolute Gasteiger partial charge is 0.266 e. The van der Waals surface area contributed by atoms with Crippen molar-refractivity contribution in [2.75, 3.05) is 0 Å². The first-order chi connectivity index (χ1) is 11.8. The topological polar surface area (TPSA) is 60.4 Å². The van der Waals surface area contributed by atoms with Gasteiger partial charge < -0.3 is 9.90 Å². The van der Waals surface area contributed by atoms with Crippen LogP contribution in [0.4, 0.5) is 0 Å². The molecule has 25 heavy (non-hydrogen) atoms. The van der Waals surface area contributed by atoms with Crippen LogP contribution in [0.25, 0.3) is 6.08 Å². The summed E-state index contributed by atoms with van der Waals surface area (Å²) in [6, 6.07) is 8.34. The van der Waals surface area contributed by atoms with Crippen LogP contribution in [0.15, 0.2) is 46.3 Å². The molecular formula is C18H17ClNO3S2-. The van der Waals surface area contributed by atoms with Gasteiger partial charge >= 0.3 is 0 Å². The number of carboxylic acids is 1. The van der Waals surface area contributed by atoms with Gasteiger partial charge in [-0.25, -0.2) is 0 Å². The van der Waals surface area contributed by atoms with Gasteiger partial charge in [0.2, 0.25) is 0 Å². The summed E-state index contributed by atoms with van der Waals surface area (Å²) in [4.78, 5) is 25.6. The summed E-state index contributed by atoms with van der Waals surface area (Å²) in [7, 11) is 0. The third-order valence-corrected chi connectivity index (χ3v) is 5.45. The number of carbonyl (C=O) groups excluding carboxylic acids is 2. The second-order valence-electron chi connectivity index (χ2n) is 5.64. The van der Waals surface area contributed by atoms with E-state index in [-0.39, 0.29) is 10.2 Å². The summed E-state index contributed by atoms with van der Waals surface area (Å²) < 4.78 is 0.204. The average Bonchev–Trinajstić information content (AvgIpc) is 2.83. The number of aliphatic carboxylic acids is 1. The number of benzene rings is 1. The Balaban J connectivity index is 2.28. The van der Waals surface area contributed by atoms with Gasteiger partial charge in [0.15, 0.2) is 0 Å². The quantitative estimate of drug-likeness (QED) is 0.547. The number of allylic oxidation sites excluding steroid dienone is 2. The second kappa shape index (κ2) is 8.65. The van der Waals surface area contributed by atoms with Crippen LogP contribution < -0.4 is 5.11 Å². The van der Waals surface area contributed by atoms with Crippen LogP contribution >= 0.6 is 35.6 Å². The van der Waals surface area contributed by atoms with E-state index in [1.807, 2.05) is 37.3 Å². The van der Waals surface area contributed by atoms with Crippen molar-refractivity contribution in [3.8, 4) is 0 Å². The molecule has 1 aromatic carbocycles. The molecular weight excluding hydrogens is 378 g/mol. The van der Waals surface area contributed by atoms with E-state index in [2.05, 4.69) is 0 Å². The first-order valence-corrected chi connectivity index (χ1v) is 9.35. The highest BCUT2D eigenvalue weighted by Gasteiger charge is 2.39. The van der Waals surface area contributed by atoms with Gasteiger partial charge in [0.1, 0.15) is 4.32 Å². The fourth-order valence-corrected chi connectivity index (χ4v) is 4.03. The largest absolute Gasteiger partial charge is 0.548 e. The van der Waals surface area contributed by atoms with Gasteiger partial charge in [-0.3, -0.25) is 9.69 Å². The van der Waals surface area contributed by atoms with Gasteiger partial charge in [-0.05, 0) is 23.6 Å². The number of rotatable bonds is 6. The van der Waals surface area contributed by atoms with Crippen LogP contribution in [-0.2, 0) is 9.59 Å². The van der Waals surface area contributed by atoms with Crippen LogP contribution in [-0.4, -0.2) is 27.1 Å². The van der Waals surface area contributed by atoms with Crippen molar-refractivity contribution in [2.24, 2.45) is 5.92 Å². The Labute approximate surface area is 161 Å². The standard InChI is InChI=1S/C18H18ClNO3S2/c1-3-11(2)15(17(22)23)20-16(21)14(25-18(20)24)10-13(19)9-12-7-5-4-6-8-12/h4-11,15H,3H2,1-2H3,(H,22,23)/p-1/b13-9-,14-10-/t11-,15-/m1/s1. The predicted octanol–water partition coefficient (Wildman–Crippen LogP) is 3.18. The molecule has 4 nitrogen and oxygen atoms in total. The molecule has 1 aromatic rings. The molecule has 0 saturated carbocycles. The van der Waals surface area contributed by atoms with E-state index in [4.69, 9.17) is 23.8 Å². The number of carboxylic acid groups (broad SMARTS) is 1. The zero-order valence-corrected chi connectivity index (χ0v) is 16.2. The highest BCUT2D eigenvalue weighted by molar-refractivity contribution is 8.26. The molecule has 0 bridgehead atoms. The SMILES string of the molecule is CC[C@@H](C)[C@H](C(=O)[O-])N1C(=O)/C(=C/C(Cl)=C/c2ccccc2)SC1=S. The second-order valence-corrected chi connectivity index (χ2v) is 7.75. The fourth-order valence-electron chi connectivity index (χ4n) is 2.41. The van der Waals surface area contributed by atoms with Crippen molar-refractivity contribution in [1.82, 2.24) is 4.90 Å². The molecule has 0 aromatic heterocycles. The molecule has 1 saturated heterocycles. The zero-order valence-electron chi connectivity index (χ0n) is 13.8. The molecule has 2 rings (SSSR count). The Kier molecular flexibility index (Phi) is 6.81. The van der Waals surface area contributed by atoms with E-state index in [0.717, 1.165) is 22.2 Å². The molecule has 0 radical (unpaired) electrons. The van der Waals surface area contributed by atoms with Crippen LogP contribution in [0.1, 0.15) is 25.8 Å². The number of amides is 1. The van der Waals surface area contributed by atoms with Gasteiger partial charge in [-0.2, -0.15) is 0 Å². The summed E-state index contributed by atoms with van der Waals surface area (Å²) >= 11 is 12.5. The monoisotopic (exact) mass is 394 g/mol. The summed E-state index contributed by atoms with van der Waals surface area (Å²) in [5.74, 6) is -2.04. The van der Waals surface area contributed by atoms with Crippen molar-refractivity contribution in [3.05, 3.63) is 51.9 Å². The molecule has 0 aliphatic carbocycles. The van der Waals surface area contributed by atoms with Gasteiger partial charge in [0, 0.05) is 5.03 Å². The lowest BCUT2D eigenvalue weighted by Gasteiger charge is -2.32. The highest BCUT2D eigenvalue weighted by Crippen LogP contribution is 2.35. The minimum absolute atomic E-state index is 0.204. The summed E-state index contributed by atoms with van der Waals surface area (Å²) in [5.41, 5.74) is 0.895. The number of carbonyl (C=O) groups is 2. The molecule has 1 aliphatic heterocycles. The minimum atomic E-state index is -1.31. The van der Waals surface area contributed by atoms with Gasteiger partial charge in [0.25, 0.3) is 5.91 Å². The first-order valence-electron chi connectivity index (χ1n) is 7.75. The molecule has 0 unspecified atom stereocenters. The predicted molar refractivity (Wildman–Crippen MR) is 104 cm³/mol. The number of thiocarbonyl (C=S) groups is 1. The zero-order chi connectivity index (χ0) is 18.6. The number of halogens is 1. The van der Waals surface area contributed by atoms with E-state index in [1.54, 1.807) is 13.0 Å². The Morgan fingerprint density at radius 3 is 2.60 bits per heavy atom. The van der Waals surface area contributed by atoms with Gasteiger partial charge in [-0.1, -0.05) is 86.2 Å². The number of hydrogen-bond acceptors (Lipinski definition) is 5. The van der Waals surface area contributed by atoms with Crippen LogP contribution in [0.3, 0.4) is 0 Å². The highest BCUT2D eigenvalue weighted by atomic mass is 35.5. The molecule has 7 heteroatoms. The number of nitrogens with zero attached hydrogens (tertiary/aromatic N) is 1. The van der Waals surface area contributed by atoms with E-state index in [9.17, 15) is 14.7 Å². The van der Waals surface area contributed by atoms with Gasteiger partial charge in [-0.15, -0.1) is 0 Å². The lowest BCUT2D eigenvalue weighted by atomic mass is 9.98. The van der Waals surface area contributed by atoms with E-state index in [0.29, 0.717) is 16.4 Å². The minimum Gasteiger partial charge on any atom is -0.548 e. The van der Waals surface area contributed by atoms with Crippen LogP contribution in [0.2, 0.25) is 0 Å². The Morgan fingerprint density at radius 2 is 2.04 bits per heavy atom. The lowest BCUT2D eigenvalue weighted by molar-refractivity contribution is -0.311. The molecule has 1 aliphatic rings. The Bertz CT molecular complexity index is 746. The lowest BCUT2D eigenvalue weighted by Crippen LogP contribution is -2.53. The first kappa shape index (κ1) is 19.7. The van der Waals surface area contributed by atoms with Crippen molar-refractivity contribution in [3.63, 3.8) is 0 Å². The van der Waals surface area contributed by atoms with Crippen molar-refractivity contribution < 1.29 is 14.7 Å². The van der Waals surface area contributed by atoms with Crippen LogP contribution in [0.5, 0.6) is 0 Å². The fraction of sp³-hybridized carbons (Fsp3) is 0.278. The van der Waals surface area contributed by atoms with E-state index in [1.165, 1.54) is 6.08 Å². The maximum absolute atomic E-state index is 12.6. The van der Waals surface area contributed by atoms with E-state index >= 15 is 0 Å². The molecule has 0 N–H and O–H groups in total. The molecule has 1 heterocycles. The summed E-state index contributed by atoms with van der Waals surface area (Å²) in [6.07, 6.45) is 3.82. The van der Waals surface area contributed by atoms with E-state index < -0.39 is 17.9 Å². The van der Waals surface area contributed by atoms with Gasteiger partial charge in [0.05, 0.1) is 16.9 Å². The van der Waals surface area contributed by atoms with Crippen LogP contribution in [0, 0.1) is 5.92 Å². The molecule has 2 atom stereocenters. The van der Waals surface area contributed by atoms with Crippen molar-refractivity contribution in [2.45, 2.75) is 26.3 Å². The molecule has 0 spiro atoms. The summed E-state index contributed by atoms with van der Waals surface area (Å²) in [5, 5.41) is 11.9. The maximum atomic E-state index is 12.6. The molecule has 1 amide bonds. The average molecular weight is 395 g/mol. The maximum Gasteiger partial charge on any atom is 0.266 e. The van der Waals surface area contributed by atoms with Crippen molar-refractivity contribution in [1.29, 1.82) is 0 Å². The Morgan fingerprint density at radius 1 is 1.40 bits per heavy atom. The molecule has 132 valence electrons. The number of thioether (sulfide) groups is 1. The third-order valence-electron chi connectivity index (χ3n) is 3.90. The van der Waals surface area contributed by atoms with Crippen molar-refractivity contribution >= 4 is 57.9 Å². The molecule has 1 fully saturated rings. The summed E-state index contributed by atoms with van der Waals surface area (Å²) in [6.45, 7) is 3.61.